The van der Waals surface area contributed by atoms with Gasteiger partial charge in [0, 0.05) is 25.0 Å². The number of carbonyl (C=O) groups excluding carboxylic acids is 2. The third-order valence-corrected chi connectivity index (χ3v) is 4.80. The minimum atomic E-state index is -0.515. The Morgan fingerprint density at radius 2 is 2.00 bits per heavy atom. The van der Waals surface area contributed by atoms with E-state index in [1.165, 1.54) is 0 Å². The van der Waals surface area contributed by atoms with Gasteiger partial charge in [-0.05, 0) is 36.6 Å². The maximum atomic E-state index is 12.6. The average Bonchev–Trinajstić information content (AvgIpc) is 3.01. The van der Waals surface area contributed by atoms with Gasteiger partial charge in [-0.15, -0.1) is 0 Å². The van der Waals surface area contributed by atoms with Gasteiger partial charge in [-0.25, -0.2) is 0 Å². The van der Waals surface area contributed by atoms with Crippen LogP contribution in [0.3, 0.4) is 0 Å². The molecule has 116 valence electrons. The number of nitrogens with zero attached hydrogens (tertiary/aromatic N) is 2. The molecule has 23 heavy (non-hydrogen) atoms. The summed E-state index contributed by atoms with van der Waals surface area (Å²) >= 11 is 0. The summed E-state index contributed by atoms with van der Waals surface area (Å²) in [5.41, 5.74) is 1.94. The van der Waals surface area contributed by atoms with Gasteiger partial charge in [-0.2, -0.15) is 0 Å². The van der Waals surface area contributed by atoms with E-state index in [2.05, 4.69) is 10.3 Å². The van der Waals surface area contributed by atoms with Crippen LogP contribution in [0.2, 0.25) is 0 Å². The van der Waals surface area contributed by atoms with E-state index in [4.69, 9.17) is 0 Å². The molecule has 1 aromatic heterocycles. The first-order chi connectivity index (χ1) is 11.2. The van der Waals surface area contributed by atoms with E-state index in [-0.39, 0.29) is 11.8 Å². The third-order valence-electron chi connectivity index (χ3n) is 4.80. The number of benzene rings is 1. The first-order valence-electron chi connectivity index (χ1n) is 7.78. The monoisotopic (exact) mass is 307 g/mol. The zero-order chi connectivity index (χ0) is 15.9. The summed E-state index contributed by atoms with van der Waals surface area (Å²) in [4.78, 5) is 31.0. The van der Waals surface area contributed by atoms with E-state index >= 15 is 0 Å². The number of fused-ring (bicyclic) bond motifs is 1. The van der Waals surface area contributed by atoms with Gasteiger partial charge in [0.25, 0.3) is 5.91 Å². The fourth-order valence-electron chi connectivity index (χ4n) is 3.52. The van der Waals surface area contributed by atoms with Crippen LogP contribution in [0, 0.1) is 5.41 Å². The molecule has 0 aliphatic carbocycles. The number of carbonyl (C=O) groups is 2. The topological polar surface area (TPSA) is 62.3 Å². The summed E-state index contributed by atoms with van der Waals surface area (Å²) in [6.07, 6.45) is 2.98. The van der Waals surface area contributed by atoms with Crippen LogP contribution >= 0.6 is 0 Å². The highest BCUT2D eigenvalue weighted by Gasteiger charge is 2.48. The first kappa shape index (κ1) is 13.9. The molecule has 0 saturated carbocycles. The second-order valence-corrected chi connectivity index (χ2v) is 6.26. The molecular formula is C18H17N3O2. The minimum Gasteiger partial charge on any atom is -0.336 e. The molecule has 1 atom stereocenters. The molecule has 1 spiro atoms. The summed E-state index contributed by atoms with van der Waals surface area (Å²) in [6, 6.07) is 13.2. The standard InChI is InChI=1S/C18H17N3O2/c22-16(15-7-3-4-9-19-15)21-10-8-18(12-21)11-13-5-1-2-6-14(13)20-17(18)23/h1-7,9H,8,10-12H2,(H,20,23). The van der Waals surface area contributed by atoms with Crippen molar-refractivity contribution in [2.75, 3.05) is 18.4 Å². The molecule has 2 aliphatic heterocycles. The van der Waals surface area contributed by atoms with E-state index in [1.54, 1.807) is 29.3 Å². The highest BCUT2D eigenvalue weighted by Crippen LogP contribution is 2.40. The molecule has 1 aromatic carbocycles. The molecule has 1 N–H and O–H groups in total. The van der Waals surface area contributed by atoms with Crippen molar-refractivity contribution in [2.45, 2.75) is 12.8 Å². The third kappa shape index (κ3) is 2.29. The van der Waals surface area contributed by atoms with Crippen molar-refractivity contribution < 1.29 is 9.59 Å². The van der Waals surface area contributed by atoms with Crippen LogP contribution in [0.15, 0.2) is 48.7 Å². The summed E-state index contributed by atoms with van der Waals surface area (Å²) in [7, 11) is 0. The van der Waals surface area contributed by atoms with Crippen LogP contribution in [0.1, 0.15) is 22.5 Å². The van der Waals surface area contributed by atoms with Crippen molar-refractivity contribution in [1.29, 1.82) is 0 Å². The number of rotatable bonds is 1. The molecule has 4 rings (SSSR count). The molecule has 3 heterocycles. The summed E-state index contributed by atoms with van der Waals surface area (Å²) in [5.74, 6) is -0.0818. The second kappa shape index (κ2) is 5.19. The molecule has 1 unspecified atom stereocenters. The number of nitrogens with one attached hydrogen (secondary N) is 1. The Hall–Kier alpha value is -2.69. The van der Waals surface area contributed by atoms with Crippen molar-refractivity contribution in [3.8, 4) is 0 Å². The van der Waals surface area contributed by atoms with Crippen LogP contribution in [0.4, 0.5) is 5.69 Å². The molecule has 1 saturated heterocycles. The maximum Gasteiger partial charge on any atom is 0.272 e. The molecule has 5 heteroatoms. The number of likely N-dealkylation sites (tertiary alicyclic amines) is 1. The number of hydrogen-bond donors (Lipinski definition) is 1. The number of aromatic nitrogens is 1. The van der Waals surface area contributed by atoms with Gasteiger partial charge in [0.05, 0.1) is 5.41 Å². The molecule has 2 aliphatic rings. The van der Waals surface area contributed by atoms with Gasteiger partial charge in [-0.3, -0.25) is 14.6 Å². The van der Waals surface area contributed by atoms with Crippen LogP contribution < -0.4 is 5.32 Å². The van der Waals surface area contributed by atoms with Crippen LogP contribution in [0.25, 0.3) is 0 Å². The zero-order valence-corrected chi connectivity index (χ0v) is 12.7. The lowest BCUT2D eigenvalue weighted by Gasteiger charge is -2.33. The quantitative estimate of drug-likeness (QED) is 0.877. The molecule has 5 nitrogen and oxygen atoms in total. The Balaban J connectivity index is 1.58. The number of pyridine rings is 1. The fraction of sp³-hybridized carbons (Fsp3) is 0.278. The SMILES string of the molecule is O=C(c1ccccn1)N1CCC2(Cc3ccccc3NC2=O)C1. The molecule has 2 amide bonds. The van der Waals surface area contributed by atoms with E-state index in [0.29, 0.717) is 31.6 Å². The van der Waals surface area contributed by atoms with Crippen molar-refractivity contribution in [3.05, 3.63) is 59.9 Å². The summed E-state index contributed by atoms with van der Waals surface area (Å²) < 4.78 is 0. The van der Waals surface area contributed by atoms with E-state index in [9.17, 15) is 9.59 Å². The van der Waals surface area contributed by atoms with Crippen LogP contribution in [-0.2, 0) is 11.2 Å². The fourth-order valence-corrected chi connectivity index (χ4v) is 3.52. The number of anilines is 1. The van der Waals surface area contributed by atoms with Crippen LogP contribution in [0.5, 0.6) is 0 Å². The highest BCUT2D eigenvalue weighted by atomic mass is 16.2. The Morgan fingerprint density at radius 1 is 1.17 bits per heavy atom. The Kier molecular flexibility index (Phi) is 3.15. The van der Waals surface area contributed by atoms with Gasteiger partial charge in [0.15, 0.2) is 0 Å². The lowest BCUT2D eigenvalue weighted by Crippen LogP contribution is -2.44. The molecular weight excluding hydrogens is 290 g/mol. The van der Waals surface area contributed by atoms with Gasteiger partial charge in [0.1, 0.15) is 5.69 Å². The lowest BCUT2D eigenvalue weighted by molar-refractivity contribution is -0.125. The number of hydrogen-bond acceptors (Lipinski definition) is 3. The highest BCUT2D eigenvalue weighted by molar-refractivity contribution is 6.00. The zero-order valence-electron chi connectivity index (χ0n) is 12.7. The first-order valence-corrected chi connectivity index (χ1v) is 7.78. The maximum absolute atomic E-state index is 12.6. The predicted molar refractivity (Wildman–Crippen MR) is 86.0 cm³/mol. The number of amides is 2. The van der Waals surface area contributed by atoms with E-state index in [0.717, 1.165) is 11.3 Å². The second-order valence-electron chi connectivity index (χ2n) is 6.26. The van der Waals surface area contributed by atoms with Crippen molar-refractivity contribution in [3.63, 3.8) is 0 Å². The molecule has 2 aromatic rings. The molecule has 0 radical (unpaired) electrons. The van der Waals surface area contributed by atoms with Gasteiger partial charge in [-0.1, -0.05) is 24.3 Å². The van der Waals surface area contributed by atoms with Crippen molar-refractivity contribution >= 4 is 17.5 Å². The molecule has 1 fully saturated rings. The summed E-state index contributed by atoms with van der Waals surface area (Å²) in [5, 5.41) is 3.00. The van der Waals surface area contributed by atoms with Gasteiger partial charge >= 0.3 is 0 Å². The van der Waals surface area contributed by atoms with Gasteiger partial charge in [0.2, 0.25) is 5.91 Å². The Labute approximate surface area is 134 Å². The van der Waals surface area contributed by atoms with Gasteiger partial charge < -0.3 is 10.2 Å². The van der Waals surface area contributed by atoms with Crippen LogP contribution in [-0.4, -0.2) is 34.8 Å². The van der Waals surface area contributed by atoms with E-state index < -0.39 is 5.41 Å². The molecule has 0 bridgehead atoms. The van der Waals surface area contributed by atoms with Crippen molar-refractivity contribution in [2.24, 2.45) is 5.41 Å². The minimum absolute atomic E-state index is 0.0209. The summed E-state index contributed by atoms with van der Waals surface area (Å²) in [6.45, 7) is 1.04. The smallest absolute Gasteiger partial charge is 0.272 e. The lowest BCUT2D eigenvalue weighted by atomic mass is 9.77. The van der Waals surface area contributed by atoms with E-state index in [1.807, 2.05) is 24.3 Å². The van der Waals surface area contributed by atoms with Crippen molar-refractivity contribution in [1.82, 2.24) is 9.88 Å². The number of para-hydroxylation sites is 1. The largest absolute Gasteiger partial charge is 0.336 e. The average molecular weight is 307 g/mol. The Bertz CT molecular complexity index is 775. The normalized spacial score (nSPS) is 22.8. The Morgan fingerprint density at radius 3 is 2.83 bits per heavy atom. The predicted octanol–water partition coefficient (Wildman–Crippen LogP) is 2.11.